The third-order valence-electron chi connectivity index (χ3n) is 5.41. The van der Waals surface area contributed by atoms with E-state index >= 15 is 0 Å². The standard InChI is InChI=1S/C15H17F2N3O.C6H4FN3/c16-10-6-9(7-11(17)8-10)13-4-5-14(18)20(13)15(21)19-12-2-1-3-12;7-5-4-9-10-3-1-2-8-6(5)10/h6-8,12-13,18H,1-5H2,(H,19,21);1-4H. The maximum atomic E-state index is 13.4. The molecule has 1 aliphatic carbocycles. The predicted molar refractivity (Wildman–Crippen MR) is 107 cm³/mol. The normalized spacial score (nSPS) is 18.5. The highest BCUT2D eigenvalue weighted by Gasteiger charge is 2.36. The zero-order valence-electron chi connectivity index (χ0n) is 16.6. The number of aromatic nitrogens is 3. The van der Waals surface area contributed by atoms with Crippen molar-refractivity contribution in [2.45, 2.75) is 44.2 Å². The highest BCUT2D eigenvalue weighted by atomic mass is 19.1. The van der Waals surface area contributed by atoms with Crippen LogP contribution in [0.3, 0.4) is 0 Å². The minimum absolute atomic E-state index is 0.163. The minimum Gasteiger partial charge on any atom is -0.335 e. The summed E-state index contributed by atoms with van der Waals surface area (Å²) in [7, 11) is 0. The summed E-state index contributed by atoms with van der Waals surface area (Å²) in [6, 6.07) is 4.32. The van der Waals surface area contributed by atoms with E-state index in [1.807, 2.05) is 0 Å². The molecule has 1 atom stereocenters. The number of likely N-dealkylation sites (tertiary alicyclic amines) is 1. The molecule has 0 radical (unpaired) electrons. The van der Waals surface area contributed by atoms with Crippen molar-refractivity contribution in [2.24, 2.45) is 0 Å². The van der Waals surface area contributed by atoms with Gasteiger partial charge in [-0.1, -0.05) is 0 Å². The summed E-state index contributed by atoms with van der Waals surface area (Å²) in [5.74, 6) is -1.52. The number of carbonyl (C=O) groups is 1. The van der Waals surface area contributed by atoms with Gasteiger partial charge in [0.25, 0.3) is 0 Å². The molecular weight excluding hydrogens is 409 g/mol. The van der Waals surface area contributed by atoms with E-state index in [9.17, 15) is 18.0 Å². The molecule has 1 aromatic carbocycles. The molecule has 3 aromatic rings. The van der Waals surface area contributed by atoms with Crippen LogP contribution in [-0.4, -0.2) is 37.4 Å². The largest absolute Gasteiger partial charge is 0.335 e. The molecule has 0 bridgehead atoms. The van der Waals surface area contributed by atoms with E-state index in [0.29, 0.717) is 18.4 Å². The van der Waals surface area contributed by atoms with Crippen molar-refractivity contribution in [1.82, 2.24) is 24.8 Å². The van der Waals surface area contributed by atoms with Gasteiger partial charge in [0, 0.05) is 30.9 Å². The van der Waals surface area contributed by atoms with Crippen molar-refractivity contribution in [2.75, 3.05) is 0 Å². The molecule has 2 fully saturated rings. The molecule has 7 nitrogen and oxygen atoms in total. The molecule has 5 rings (SSSR count). The van der Waals surface area contributed by atoms with Crippen LogP contribution in [0.25, 0.3) is 5.65 Å². The number of amides is 2. The highest BCUT2D eigenvalue weighted by Crippen LogP contribution is 2.34. The number of amidine groups is 1. The summed E-state index contributed by atoms with van der Waals surface area (Å²) in [4.78, 5) is 17.4. The van der Waals surface area contributed by atoms with E-state index < -0.39 is 17.7 Å². The van der Waals surface area contributed by atoms with Crippen molar-refractivity contribution in [3.8, 4) is 0 Å². The minimum atomic E-state index is -0.664. The number of fused-ring (bicyclic) bond motifs is 1. The zero-order chi connectivity index (χ0) is 22.0. The number of hydrogen-bond acceptors (Lipinski definition) is 4. The smallest absolute Gasteiger partial charge is 0.323 e. The molecule has 2 amide bonds. The van der Waals surface area contributed by atoms with Gasteiger partial charge in [0.2, 0.25) is 0 Å². The molecule has 1 aliphatic heterocycles. The number of urea groups is 1. The van der Waals surface area contributed by atoms with Gasteiger partial charge in [0.1, 0.15) is 17.5 Å². The summed E-state index contributed by atoms with van der Waals surface area (Å²) in [6.45, 7) is 0. The maximum Gasteiger partial charge on any atom is 0.323 e. The van der Waals surface area contributed by atoms with Crippen LogP contribution >= 0.6 is 0 Å². The molecule has 31 heavy (non-hydrogen) atoms. The lowest BCUT2D eigenvalue weighted by molar-refractivity contribution is 0.200. The van der Waals surface area contributed by atoms with Gasteiger partial charge in [0.05, 0.1) is 12.2 Å². The number of nitrogens with one attached hydrogen (secondary N) is 2. The molecule has 3 heterocycles. The van der Waals surface area contributed by atoms with Gasteiger partial charge in [-0.25, -0.2) is 27.5 Å². The monoisotopic (exact) mass is 430 g/mol. The average Bonchev–Trinajstić information content (AvgIpc) is 3.28. The summed E-state index contributed by atoms with van der Waals surface area (Å²) < 4.78 is 40.7. The Labute approximate surface area is 176 Å². The van der Waals surface area contributed by atoms with Gasteiger partial charge in [-0.05, 0) is 49.4 Å². The second-order valence-electron chi connectivity index (χ2n) is 7.53. The summed E-state index contributed by atoms with van der Waals surface area (Å²) >= 11 is 0. The Morgan fingerprint density at radius 3 is 2.52 bits per heavy atom. The van der Waals surface area contributed by atoms with Gasteiger partial charge < -0.3 is 5.32 Å². The Kier molecular flexibility index (Phi) is 5.88. The van der Waals surface area contributed by atoms with Gasteiger partial charge in [-0.2, -0.15) is 5.10 Å². The van der Waals surface area contributed by atoms with E-state index in [-0.39, 0.29) is 29.4 Å². The lowest BCUT2D eigenvalue weighted by Gasteiger charge is -2.31. The summed E-state index contributed by atoms with van der Waals surface area (Å²) in [5, 5.41) is 14.5. The Bertz CT molecular complexity index is 1090. The second-order valence-corrected chi connectivity index (χ2v) is 7.53. The van der Waals surface area contributed by atoms with Crippen LogP contribution in [0.2, 0.25) is 0 Å². The first-order chi connectivity index (χ1) is 14.9. The van der Waals surface area contributed by atoms with Crippen LogP contribution in [0.5, 0.6) is 0 Å². The number of nitrogens with zero attached hydrogens (tertiary/aromatic N) is 4. The molecule has 0 spiro atoms. The molecule has 10 heteroatoms. The van der Waals surface area contributed by atoms with Crippen molar-refractivity contribution < 1.29 is 18.0 Å². The Morgan fingerprint density at radius 1 is 1.13 bits per heavy atom. The summed E-state index contributed by atoms with van der Waals surface area (Å²) in [5.41, 5.74) is 0.668. The molecule has 162 valence electrons. The first kappa shape index (κ1) is 20.8. The molecule has 1 unspecified atom stereocenters. The number of hydrogen-bond donors (Lipinski definition) is 2. The topological polar surface area (TPSA) is 86.4 Å². The third kappa shape index (κ3) is 4.52. The van der Waals surface area contributed by atoms with E-state index in [1.165, 1.54) is 27.7 Å². The first-order valence-electron chi connectivity index (χ1n) is 9.99. The van der Waals surface area contributed by atoms with Crippen molar-refractivity contribution in [1.29, 1.82) is 5.41 Å². The van der Waals surface area contributed by atoms with Crippen LogP contribution < -0.4 is 5.32 Å². The van der Waals surface area contributed by atoms with Crippen LogP contribution in [0, 0.1) is 22.9 Å². The van der Waals surface area contributed by atoms with Crippen molar-refractivity contribution >= 4 is 17.5 Å². The van der Waals surface area contributed by atoms with E-state index in [0.717, 1.165) is 31.5 Å². The SMILES string of the molecule is Fc1cnn2cccnc12.N=C1CCC(c2cc(F)cc(F)c2)N1C(=O)NC1CCC1. The Morgan fingerprint density at radius 2 is 1.87 bits per heavy atom. The molecule has 1 saturated heterocycles. The van der Waals surface area contributed by atoms with Gasteiger partial charge in [0.15, 0.2) is 11.5 Å². The molecule has 2 aliphatic rings. The molecular formula is C21H21F3N6O. The van der Waals surface area contributed by atoms with Gasteiger partial charge in [-0.15, -0.1) is 0 Å². The van der Waals surface area contributed by atoms with E-state index in [4.69, 9.17) is 5.41 Å². The number of benzene rings is 1. The van der Waals surface area contributed by atoms with Crippen LogP contribution in [0.1, 0.15) is 43.7 Å². The van der Waals surface area contributed by atoms with E-state index in [1.54, 1.807) is 12.3 Å². The van der Waals surface area contributed by atoms with Crippen LogP contribution in [-0.2, 0) is 0 Å². The molecule has 2 aromatic heterocycles. The lowest BCUT2D eigenvalue weighted by atomic mass is 9.93. The highest BCUT2D eigenvalue weighted by molar-refractivity contribution is 5.98. The third-order valence-corrected chi connectivity index (χ3v) is 5.41. The molecule has 1 saturated carbocycles. The fourth-order valence-corrected chi connectivity index (χ4v) is 3.65. The first-order valence-corrected chi connectivity index (χ1v) is 9.99. The predicted octanol–water partition coefficient (Wildman–Crippen LogP) is 4.21. The van der Waals surface area contributed by atoms with Crippen LogP contribution in [0.4, 0.5) is 18.0 Å². The average molecular weight is 430 g/mol. The number of halogens is 3. The number of rotatable bonds is 2. The van der Waals surface area contributed by atoms with Crippen molar-refractivity contribution in [3.05, 3.63) is 65.9 Å². The number of carbonyl (C=O) groups excluding carboxylic acids is 1. The Hall–Kier alpha value is -3.43. The van der Waals surface area contributed by atoms with Gasteiger partial charge in [-0.3, -0.25) is 10.3 Å². The second kappa shape index (κ2) is 8.75. The molecule has 2 N–H and O–H groups in total. The van der Waals surface area contributed by atoms with Gasteiger partial charge >= 0.3 is 6.03 Å². The quantitative estimate of drug-likeness (QED) is 0.639. The van der Waals surface area contributed by atoms with E-state index in [2.05, 4.69) is 15.4 Å². The Balaban J connectivity index is 0.000000192. The fourth-order valence-electron chi connectivity index (χ4n) is 3.65. The zero-order valence-corrected chi connectivity index (χ0v) is 16.6. The lowest BCUT2D eigenvalue weighted by Crippen LogP contribution is -2.48. The van der Waals surface area contributed by atoms with Crippen LogP contribution in [0.15, 0.2) is 42.9 Å². The summed E-state index contributed by atoms with van der Waals surface area (Å²) in [6.07, 6.45) is 8.26. The fraction of sp³-hybridized carbons (Fsp3) is 0.333. The van der Waals surface area contributed by atoms with Crippen molar-refractivity contribution in [3.63, 3.8) is 0 Å². The maximum absolute atomic E-state index is 13.4.